The monoisotopic (exact) mass is 1060 g/mol. The molecular weight excluding hydrogens is 1000 g/mol. The maximum Gasteiger partial charge on any atom is 0.333 e. The lowest BCUT2D eigenvalue weighted by Gasteiger charge is -2.36. The SMILES string of the molecule is CN1CC/C(=N\NC(=O)CC(C)(C)SSCCC(=O)N2CCN(c3ccc(C(=O)NCc4ccc(NC(=O)[C@@H]5C[C@@]5(C)c5cccnc5)cc4F)cc3)CC2)c2ccc(OCCCC(=O)ON3C(=O)CCC3=O)cc21. The van der Waals surface area contributed by atoms with E-state index >= 15 is 4.39 Å². The highest BCUT2D eigenvalue weighted by Gasteiger charge is 2.55. The number of hydrazone groups is 1. The van der Waals surface area contributed by atoms with E-state index in [1.54, 1.807) is 64.3 Å². The molecule has 3 aliphatic heterocycles. The summed E-state index contributed by atoms with van der Waals surface area (Å²) in [6.45, 7) is 9.29. The van der Waals surface area contributed by atoms with Crippen molar-refractivity contribution >= 4 is 85.8 Å². The van der Waals surface area contributed by atoms with Gasteiger partial charge in [0, 0.05) is 152 Å². The summed E-state index contributed by atoms with van der Waals surface area (Å²) in [6.07, 6.45) is 5.74. The minimum absolute atomic E-state index is 0.0228. The molecule has 18 nitrogen and oxygen atoms in total. The van der Waals surface area contributed by atoms with E-state index in [0.717, 1.165) is 28.2 Å². The van der Waals surface area contributed by atoms with Crippen LogP contribution in [0.3, 0.4) is 0 Å². The Balaban J connectivity index is 0.696. The summed E-state index contributed by atoms with van der Waals surface area (Å²) in [7, 11) is 5.09. The normalized spacial score (nSPS) is 18.9. The molecule has 4 heterocycles. The van der Waals surface area contributed by atoms with E-state index in [-0.39, 0.29) is 73.8 Å². The van der Waals surface area contributed by atoms with Gasteiger partial charge < -0.3 is 34.9 Å². The van der Waals surface area contributed by atoms with Crippen molar-refractivity contribution < 1.29 is 47.5 Å². The predicted molar refractivity (Wildman–Crippen MR) is 285 cm³/mol. The maximum atomic E-state index is 15.1. The van der Waals surface area contributed by atoms with Gasteiger partial charge in [-0.3, -0.25) is 33.8 Å². The third kappa shape index (κ3) is 14.0. The van der Waals surface area contributed by atoms with Gasteiger partial charge in [0.1, 0.15) is 11.6 Å². The molecule has 3 aromatic carbocycles. The average Bonchev–Trinajstić information content (AvgIpc) is 4.02. The number of rotatable bonds is 21. The lowest BCUT2D eigenvalue weighted by atomic mass is 9.97. The lowest BCUT2D eigenvalue weighted by molar-refractivity contribution is -0.197. The Kier molecular flexibility index (Phi) is 17.5. The van der Waals surface area contributed by atoms with Crippen molar-refractivity contribution in [2.45, 2.75) is 88.8 Å². The number of hydrogen-bond donors (Lipinski definition) is 3. The number of imide groups is 1. The summed E-state index contributed by atoms with van der Waals surface area (Å²) in [5.74, 6) is -1.96. The van der Waals surface area contributed by atoms with Crippen LogP contribution in [0.5, 0.6) is 5.75 Å². The molecule has 0 spiro atoms. The second-order valence-electron chi connectivity index (χ2n) is 19.8. The minimum Gasteiger partial charge on any atom is -0.494 e. The van der Waals surface area contributed by atoms with Gasteiger partial charge in [-0.05, 0) is 86.8 Å². The lowest BCUT2D eigenvalue weighted by Crippen LogP contribution is -2.48. The molecule has 8 rings (SSSR count). The summed E-state index contributed by atoms with van der Waals surface area (Å²) < 4.78 is 20.5. The number of amides is 6. The topological polar surface area (TPSA) is 212 Å². The molecule has 3 fully saturated rings. The largest absolute Gasteiger partial charge is 0.494 e. The number of hydroxylamine groups is 2. The number of benzene rings is 3. The number of nitrogens with one attached hydrogen (secondary N) is 3. The van der Waals surface area contributed by atoms with Crippen LogP contribution < -0.4 is 30.6 Å². The molecule has 4 aliphatic rings. The van der Waals surface area contributed by atoms with Gasteiger partial charge in [0.2, 0.25) is 17.7 Å². The second-order valence-corrected chi connectivity index (χ2v) is 23.0. The maximum absolute atomic E-state index is 15.1. The summed E-state index contributed by atoms with van der Waals surface area (Å²) >= 11 is 0. The van der Waals surface area contributed by atoms with Crippen molar-refractivity contribution in [3.63, 3.8) is 0 Å². The zero-order valence-corrected chi connectivity index (χ0v) is 44.2. The molecule has 3 N–H and O–H groups in total. The molecule has 2 saturated heterocycles. The third-order valence-corrected chi connectivity index (χ3v) is 17.0. The number of pyridine rings is 1. The van der Waals surface area contributed by atoms with Crippen LogP contribution in [0.2, 0.25) is 0 Å². The van der Waals surface area contributed by atoms with Gasteiger partial charge in [-0.25, -0.2) is 14.6 Å². The van der Waals surface area contributed by atoms with E-state index in [4.69, 9.17) is 9.57 Å². The van der Waals surface area contributed by atoms with Crippen molar-refractivity contribution in [2.24, 2.45) is 11.0 Å². The number of piperazine rings is 1. The number of carbonyl (C=O) groups excluding carboxylic acids is 7. The van der Waals surface area contributed by atoms with E-state index < -0.39 is 28.3 Å². The van der Waals surface area contributed by atoms with Crippen molar-refractivity contribution in [1.82, 2.24) is 25.7 Å². The van der Waals surface area contributed by atoms with Crippen LogP contribution in [0.15, 0.2) is 90.3 Å². The van der Waals surface area contributed by atoms with Crippen LogP contribution in [0.25, 0.3) is 0 Å². The van der Waals surface area contributed by atoms with Crippen molar-refractivity contribution in [1.29, 1.82) is 0 Å². The zero-order valence-electron chi connectivity index (χ0n) is 42.5. The van der Waals surface area contributed by atoms with Crippen LogP contribution >= 0.6 is 21.6 Å². The standard InChI is InChI=1S/C54H62FN9O9S2/c1-53(2,32-46(65)60-59-44-19-22-61(4)45-30-40(15-16-41(44)45)72-27-6-8-50(69)73-64-48(67)17-18-49(64)68)75-74-28-20-47(66)63-25-23-62(24-26-63)39-13-10-35(11-14-39)51(70)57-33-36-9-12-38(29-43(36)55)58-52(71)42-31-54(42,3)37-7-5-21-56-34-37/h5,7,9-16,21,29-30,34,42H,6,8,17-20,22-28,31-33H2,1-4H3,(H,57,70)(H,58,71)(H,60,65)/b59-44+/t42-,54-/m0/s1. The third-order valence-electron chi connectivity index (χ3n) is 13.7. The van der Waals surface area contributed by atoms with Gasteiger partial charge in [0.15, 0.2) is 0 Å². The number of ether oxygens (including phenoxy) is 1. The van der Waals surface area contributed by atoms with Crippen molar-refractivity contribution in [3.8, 4) is 5.75 Å². The summed E-state index contributed by atoms with van der Waals surface area (Å²) in [6, 6.07) is 21.1. The van der Waals surface area contributed by atoms with Gasteiger partial charge in [-0.1, -0.05) is 40.6 Å². The molecule has 0 radical (unpaired) electrons. The molecule has 21 heteroatoms. The van der Waals surface area contributed by atoms with E-state index in [9.17, 15) is 33.6 Å². The number of aromatic nitrogens is 1. The van der Waals surface area contributed by atoms with E-state index in [0.29, 0.717) is 91.8 Å². The van der Waals surface area contributed by atoms with Gasteiger partial charge in [0.25, 0.3) is 17.7 Å². The molecule has 1 aromatic heterocycles. The van der Waals surface area contributed by atoms with Gasteiger partial charge in [0.05, 0.1) is 18.7 Å². The van der Waals surface area contributed by atoms with Crippen molar-refractivity contribution in [2.75, 3.05) is 67.2 Å². The van der Waals surface area contributed by atoms with E-state index in [1.807, 2.05) is 69.1 Å². The Morgan fingerprint density at radius 3 is 2.40 bits per heavy atom. The number of hydrogen-bond acceptors (Lipinski definition) is 15. The van der Waals surface area contributed by atoms with E-state index in [1.165, 1.54) is 6.07 Å². The van der Waals surface area contributed by atoms with Crippen molar-refractivity contribution in [3.05, 3.63) is 113 Å². The number of halogens is 1. The molecule has 396 valence electrons. The molecule has 1 aliphatic carbocycles. The first-order chi connectivity index (χ1) is 36.0. The smallest absolute Gasteiger partial charge is 0.333 e. The van der Waals surface area contributed by atoms with Crippen LogP contribution in [0, 0.1) is 11.7 Å². The average molecular weight is 1060 g/mol. The fraction of sp³-hybridized carbons (Fsp3) is 0.426. The molecular formula is C54H62FN9O9S2. The minimum atomic E-state index is -0.678. The van der Waals surface area contributed by atoms with Gasteiger partial charge in [-0.2, -0.15) is 5.10 Å². The highest BCUT2D eigenvalue weighted by atomic mass is 33.1. The molecule has 4 aromatic rings. The number of anilines is 3. The summed E-state index contributed by atoms with van der Waals surface area (Å²) in [4.78, 5) is 103. The Bertz CT molecular complexity index is 2810. The number of fused-ring (bicyclic) bond motifs is 1. The molecule has 6 amide bonds. The van der Waals surface area contributed by atoms with Gasteiger partial charge >= 0.3 is 5.97 Å². The van der Waals surface area contributed by atoms with E-state index in [2.05, 4.69) is 35.9 Å². The highest BCUT2D eigenvalue weighted by molar-refractivity contribution is 8.77. The molecule has 75 heavy (non-hydrogen) atoms. The first kappa shape index (κ1) is 54.3. The van der Waals surface area contributed by atoms with Gasteiger partial charge in [-0.15, -0.1) is 5.06 Å². The first-order valence-corrected chi connectivity index (χ1v) is 27.4. The Morgan fingerprint density at radius 2 is 1.68 bits per heavy atom. The van der Waals surface area contributed by atoms with Crippen LogP contribution in [0.1, 0.15) is 99.2 Å². The van der Waals surface area contributed by atoms with Crippen LogP contribution in [-0.4, -0.2) is 119 Å². The zero-order chi connectivity index (χ0) is 53.3. The fourth-order valence-corrected chi connectivity index (χ4v) is 11.7. The Morgan fingerprint density at radius 1 is 0.920 bits per heavy atom. The first-order valence-electron chi connectivity index (χ1n) is 25.1. The molecule has 0 bridgehead atoms. The molecule has 0 unspecified atom stereocenters. The number of carbonyl (C=O) groups is 7. The van der Waals surface area contributed by atoms with Crippen LogP contribution in [0.4, 0.5) is 21.5 Å². The fourth-order valence-electron chi connectivity index (χ4n) is 9.17. The number of nitrogens with zero attached hydrogens (tertiary/aromatic N) is 6. The Labute approximate surface area is 443 Å². The predicted octanol–water partition coefficient (Wildman–Crippen LogP) is 6.78. The second kappa shape index (κ2) is 24.1. The summed E-state index contributed by atoms with van der Waals surface area (Å²) in [5, 5.41) is 10.7. The molecule has 1 saturated carbocycles. The molecule has 2 atom stereocenters. The summed E-state index contributed by atoms with van der Waals surface area (Å²) in [5.41, 5.74) is 7.96. The highest BCUT2D eigenvalue weighted by Crippen LogP contribution is 2.54. The van der Waals surface area contributed by atoms with Crippen LogP contribution in [-0.2, 0) is 45.6 Å². The quantitative estimate of drug-likeness (QED) is 0.0340. The Hall–Kier alpha value is -7.00.